The van der Waals surface area contributed by atoms with E-state index in [1.807, 2.05) is 4.90 Å². The Hall–Kier alpha value is -1.35. The van der Waals surface area contributed by atoms with Gasteiger partial charge in [0.25, 0.3) is 0 Å². The van der Waals surface area contributed by atoms with Crippen LogP contribution in [0.25, 0.3) is 0 Å². The van der Waals surface area contributed by atoms with Gasteiger partial charge in [0.05, 0.1) is 0 Å². The zero-order valence-corrected chi connectivity index (χ0v) is 12.3. The monoisotopic (exact) mass is 275 g/mol. The summed E-state index contributed by atoms with van der Waals surface area (Å²) in [6.07, 6.45) is 4.33. The first-order valence-electron chi connectivity index (χ1n) is 7.69. The minimum atomic E-state index is 0.233. The van der Waals surface area contributed by atoms with Gasteiger partial charge < -0.3 is 10.0 Å². The van der Waals surface area contributed by atoms with Gasteiger partial charge in [0.15, 0.2) is 0 Å². The van der Waals surface area contributed by atoms with Gasteiger partial charge in [0, 0.05) is 26.1 Å². The van der Waals surface area contributed by atoms with E-state index in [4.69, 9.17) is 5.11 Å². The molecule has 2 rings (SSSR count). The second-order valence-electron chi connectivity index (χ2n) is 5.68. The van der Waals surface area contributed by atoms with E-state index < -0.39 is 0 Å². The van der Waals surface area contributed by atoms with Gasteiger partial charge in [-0.3, -0.25) is 4.79 Å². The summed E-state index contributed by atoms with van der Waals surface area (Å²) < 4.78 is 0. The fraction of sp³-hybridized carbons (Fsp3) is 0.588. The highest BCUT2D eigenvalue weighted by atomic mass is 16.3. The van der Waals surface area contributed by atoms with Gasteiger partial charge in [-0.25, -0.2) is 0 Å². The summed E-state index contributed by atoms with van der Waals surface area (Å²) in [7, 11) is 0. The SMILES string of the molecule is CCc1ccc(CCC(=O)N2CC[C@@H](CCO)C2)cc1. The third-order valence-corrected chi connectivity index (χ3v) is 4.23. The van der Waals surface area contributed by atoms with E-state index in [0.29, 0.717) is 12.3 Å². The van der Waals surface area contributed by atoms with E-state index in [-0.39, 0.29) is 12.5 Å². The van der Waals surface area contributed by atoms with Gasteiger partial charge in [-0.2, -0.15) is 0 Å². The van der Waals surface area contributed by atoms with Gasteiger partial charge in [-0.05, 0) is 42.7 Å². The quantitative estimate of drug-likeness (QED) is 0.866. The Kier molecular flexibility index (Phi) is 5.60. The normalized spacial score (nSPS) is 18.5. The van der Waals surface area contributed by atoms with E-state index in [1.54, 1.807) is 0 Å². The molecule has 1 aromatic rings. The molecule has 0 radical (unpaired) electrons. The van der Waals surface area contributed by atoms with Crippen LogP contribution in [0.2, 0.25) is 0 Å². The Labute approximate surface area is 121 Å². The number of benzene rings is 1. The lowest BCUT2D eigenvalue weighted by atomic mass is 10.1. The second kappa shape index (κ2) is 7.44. The number of carbonyl (C=O) groups is 1. The lowest BCUT2D eigenvalue weighted by Crippen LogP contribution is -2.29. The zero-order chi connectivity index (χ0) is 14.4. The molecular formula is C17H25NO2. The molecule has 0 saturated carbocycles. The standard InChI is InChI=1S/C17H25NO2/c1-2-14-3-5-15(6-4-14)7-8-17(20)18-11-9-16(13-18)10-12-19/h3-6,16,19H,2,7-13H2,1H3/t16-/m0/s1. The van der Waals surface area contributed by atoms with Crippen LogP contribution in [-0.4, -0.2) is 35.6 Å². The summed E-state index contributed by atoms with van der Waals surface area (Å²) in [5.41, 5.74) is 2.58. The Bertz CT molecular complexity index is 427. The third-order valence-electron chi connectivity index (χ3n) is 4.23. The minimum Gasteiger partial charge on any atom is -0.396 e. The van der Waals surface area contributed by atoms with Crippen LogP contribution in [0.3, 0.4) is 0 Å². The number of amides is 1. The molecule has 1 atom stereocenters. The Morgan fingerprint density at radius 3 is 2.65 bits per heavy atom. The van der Waals surface area contributed by atoms with Crippen molar-refractivity contribution in [2.45, 2.75) is 39.0 Å². The van der Waals surface area contributed by atoms with Gasteiger partial charge in [-0.1, -0.05) is 31.2 Å². The van der Waals surface area contributed by atoms with E-state index in [0.717, 1.165) is 38.8 Å². The van der Waals surface area contributed by atoms with Gasteiger partial charge in [-0.15, -0.1) is 0 Å². The van der Waals surface area contributed by atoms with Crippen molar-refractivity contribution >= 4 is 5.91 Å². The molecular weight excluding hydrogens is 250 g/mol. The fourth-order valence-corrected chi connectivity index (χ4v) is 2.83. The van der Waals surface area contributed by atoms with E-state index in [9.17, 15) is 4.79 Å². The number of aryl methyl sites for hydroxylation is 2. The number of carbonyl (C=O) groups excluding carboxylic acids is 1. The Morgan fingerprint density at radius 1 is 1.30 bits per heavy atom. The fourth-order valence-electron chi connectivity index (χ4n) is 2.83. The highest BCUT2D eigenvalue weighted by Gasteiger charge is 2.25. The van der Waals surface area contributed by atoms with Crippen LogP contribution in [0.15, 0.2) is 24.3 Å². The molecule has 1 saturated heterocycles. The van der Waals surface area contributed by atoms with Crippen LogP contribution in [0, 0.1) is 5.92 Å². The number of hydrogen-bond donors (Lipinski definition) is 1. The van der Waals surface area contributed by atoms with E-state index in [1.165, 1.54) is 11.1 Å². The highest BCUT2D eigenvalue weighted by Crippen LogP contribution is 2.20. The molecule has 1 fully saturated rings. The molecule has 0 aromatic heterocycles. The molecule has 3 heteroatoms. The maximum Gasteiger partial charge on any atom is 0.222 e. The first-order chi connectivity index (χ1) is 9.72. The average molecular weight is 275 g/mol. The number of rotatable bonds is 6. The molecule has 3 nitrogen and oxygen atoms in total. The molecule has 1 aromatic carbocycles. The number of likely N-dealkylation sites (tertiary alicyclic amines) is 1. The molecule has 1 aliphatic rings. The topological polar surface area (TPSA) is 40.5 Å². The molecule has 0 spiro atoms. The zero-order valence-electron chi connectivity index (χ0n) is 12.3. The first-order valence-corrected chi connectivity index (χ1v) is 7.69. The Morgan fingerprint density at radius 2 is 2.00 bits per heavy atom. The summed E-state index contributed by atoms with van der Waals surface area (Å²) in [6.45, 7) is 4.07. The lowest BCUT2D eigenvalue weighted by Gasteiger charge is -2.16. The van der Waals surface area contributed by atoms with Crippen molar-refractivity contribution in [1.82, 2.24) is 4.90 Å². The van der Waals surface area contributed by atoms with Gasteiger partial charge in [0.1, 0.15) is 0 Å². The molecule has 110 valence electrons. The predicted molar refractivity (Wildman–Crippen MR) is 80.5 cm³/mol. The number of nitrogens with zero attached hydrogens (tertiary/aromatic N) is 1. The number of hydrogen-bond acceptors (Lipinski definition) is 2. The summed E-state index contributed by atoms with van der Waals surface area (Å²) in [4.78, 5) is 14.1. The molecule has 1 amide bonds. The van der Waals surface area contributed by atoms with Crippen LogP contribution in [0.1, 0.15) is 37.3 Å². The van der Waals surface area contributed by atoms with Crippen molar-refractivity contribution in [3.8, 4) is 0 Å². The third kappa shape index (κ3) is 4.07. The first kappa shape index (κ1) is 15.0. The maximum absolute atomic E-state index is 12.2. The van der Waals surface area contributed by atoms with Crippen LogP contribution < -0.4 is 0 Å². The number of aliphatic hydroxyl groups excluding tert-OH is 1. The van der Waals surface area contributed by atoms with Crippen molar-refractivity contribution in [3.05, 3.63) is 35.4 Å². The Balaban J connectivity index is 1.77. The predicted octanol–water partition coefficient (Wildman–Crippen LogP) is 2.41. The minimum absolute atomic E-state index is 0.233. The van der Waals surface area contributed by atoms with Crippen LogP contribution in [-0.2, 0) is 17.6 Å². The van der Waals surface area contributed by atoms with Gasteiger partial charge in [0.2, 0.25) is 5.91 Å². The summed E-state index contributed by atoms with van der Waals surface area (Å²) in [5, 5.41) is 8.94. The molecule has 0 unspecified atom stereocenters. The van der Waals surface area contributed by atoms with Crippen LogP contribution in [0.4, 0.5) is 0 Å². The maximum atomic E-state index is 12.2. The van der Waals surface area contributed by atoms with Crippen LogP contribution in [0.5, 0.6) is 0 Å². The molecule has 1 N–H and O–H groups in total. The lowest BCUT2D eigenvalue weighted by molar-refractivity contribution is -0.130. The smallest absolute Gasteiger partial charge is 0.222 e. The summed E-state index contributed by atoms with van der Waals surface area (Å²) >= 11 is 0. The van der Waals surface area contributed by atoms with Crippen molar-refractivity contribution in [2.75, 3.05) is 19.7 Å². The summed E-state index contributed by atoms with van der Waals surface area (Å²) in [6, 6.07) is 8.55. The van der Waals surface area contributed by atoms with Gasteiger partial charge >= 0.3 is 0 Å². The summed E-state index contributed by atoms with van der Waals surface area (Å²) in [5.74, 6) is 0.748. The van der Waals surface area contributed by atoms with Crippen molar-refractivity contribution in [3.63, 3.8) is 0 Å². The highest BCUT2D eigenvalue weighted by molar-refractivity contribution is 5.76. The molecule has 1 aliphatic heterocycles. The molecule has 0 aliphatic carbocycles. The van der Waals surface area contributed by atoms with E-state index >= 15 is 0 Å². The van der Waals surface area contributed by atoms with Crippen molar-refractivity contribution in [2.24, 2.45) is 5.92 Å². The number of aliphatic hydroxyl groups is 1. The van der Waals surface area contributed by atoms with Crippen molar-refractivity contribution in [1.29, 1.82) is 0 Å². The van der Waals surface area contributed by atoms with Crippen molar-refractivity contribution < 1.29 is 9.90 Å². The molecule has 20 heavy (non-hydrogen) atoms. The van der Waals surface area contributed by atoms with E-state index in [2.05, 4.69) is 31.2 Å². The molecule has 0 bridgehead atoms. The van der Waals surface area contributed by atoms with Crippen LogP contribution >= 0.6 is 0 Å². The average Bonchev–Trinajstić information content (AvgIpc) is 2.94. The molecule has 1 heterocycles. The largest absolute Gasteiger partial charge is 0.396 e. The second-order valence-corrected chi connectivity index (χ2v) is 5.68.